The minimum atomic E-state index is 0.0437. The molecule has 2 aromatic rings. The van der Waals surface area contributed by atoms with Crippen molar-refractivity contribution in [3.8, 4) is 5.75 Å². The number of nitrogens with one attached hydrogen (secondary N) is 1. The molecular weight excluding hydrogens is 304 g/mol. The van der Waals surface area contributed by atoms with Crippen LogP contribution in [0.15, 0.2) is 52.1 Å². The van der Waals surface area contributed by atoms with Crippen LogP contribution in [0.25, 0.3) is 0 Å². The lowest BCUT2D eigenvalue weighted by Gasteiger charge is -2.20. The van der Waals surface area contributed by atoms with Crippen molar-refractivity contribution in [2.75, 3.05) is 26.0 Å². The number of hydrogen-bond donors (Lipinski definition) is 2. The van der Waals surface area contributed by atoms with Gasteiger partial charge in [-0.25, -0.2) is 0 Å². The van der Waals surface area contributed by atoms with Crippen LogP contribution in [0.1, 0.15) is 25.6 Å². The van der Waals surface area contributed by atoms with E-state index in [-0.39, 0.29) is 12.1 Å². The molecular formula is C18H26N4O2. The van der Waals surface area contributed by atoms with Crippen LogP contribution >= 0.6 is 0 Å². The van der Waals surface area contributed by atoms with E-state index in [1.54, 1.807) is 6.26 Å². The van der Waals surface area contributed by atoms with Crippen LogP contribution in [0.2, 0.25) is 0 Å². The Morgan fingerprint density at radius 3 is 2.50 bits per heavy atom. The van der Waals surface area contributed by atoms with Crippen LogP contribution in [-0.4, -0.2) is 37.6 Å². The molecule has 0 aliphatic carbocycles. The Kier molecular flexibility index (Phi) is 6.26. The number of nitrogens with two attached hydrogens (primary N) is 1. The van der Waals surface area contributed by atoms with E-state index in [9.17, 15) is 0 Å². The van der Waals surface area contributed by atoms with Gasteiger partial charge in [0.25, 0.3) is 0 Å². The molecule has 0 saturated heterocycles. The first-order valence-corrected chi connectivity index (χ1v) is 7.99. The molecule has 1 aromatic heterocycles. The van der Waals surface area contributed by atoms with Gasteiger partial charge in [-0.15, -0.1) is 0 Å². The fraction of sp³-hybridized carbons (Fsp3) is 0.389. The van der Waals surface area contributed by atoms with E-state index in [4.69, 9.17) is 14.9 Å². The van der Waals surface area contributed by atoms with E-state index in [0.717, 1.165) is 17.2 Å². The summed E-state index contributed by atoms with van der Waals surface area (Å²) in [6, 6.07) is 11.5. The SMILES string of the molecule is CC(C)Oc1ccc(NC(N)=NCC(c2ccco2)N(C)C)cc1. The first-order valence-electron chi connectivity index (χ1n) is 7.99. The van der Waals surface area contributed by atoms with Gasteiger partial charge in [-0.3, -0.25) is 9.89 Å². The van der Waals surface area contributed by atoms with Crippen LogP contribution in [0, 0.1) is 0 Å². The molecule has 0 saturated carbocycles. The van der Waals surface area contributed by atoms with Crippen molar-refractivity contribution < 1.29 is 9.15 Å². The van der Waals surface area contributed by atoms with Gasteiger partial charge in [0.2, 0.25) is 0 Å². The number of rotatable bonds is 7. The van der Waals surface area contributed by atoms with Crippen molar-refractivity contribution in [3.63, 3.8) is 0 Å². The molecule has 6 heteroatoms. The lowest BCUT2D eigenvalue weighted by Crippen LogP contribution is -2.27. The normalized spacial score (nSPS) is 13.3. The summed E-state index contributed by atoms with van der Waals surface area (Å²) in [5.41, 5.74) is 6.85. The van der Waals surface area contributed by atoms with Crippen molar-refractivity contribution in [2.24, 2.45) is 10.7 Å². The fourth-order valence-corrected chi connectivity index (χ4v) is 2.25. The van der Waals surface area contributed by atoms with E-state index >= 15 is 0 Å². The van der Waals surface area contributed by atoms with Gasteiger partial charge in [0.05, 0.1) is 25.0 Å². The van der Waals surface area contributed by atoms with E-state index in [2.05, 4.69) is 10.3 Å². The lowest BCUT2D eigenvalue weighted by atomic mass is 10.2. The Balaban J connectivity index is 1.95. The molecule has 1 heterocycles. The van der Waals surface area contributed by atoms with Crippen molar-refractivity contribution in [1.29, 1.82) is 0 Å². The van der Waals surface area contributed by atoms with Gasteiger partial charge in [0, 0.05) is 5.69 Å². The number of benzene rings is 1. The van der Waals surface area contributed by atoms with Crippen LogP contribution < -0.4 is 15.8 Å². The number of anilines is 1. The molecule has 1 unspecified atom stereocenters. The van der Waals surface area contributed by atoms with Gasteiger partial charge >= 0.3 is 0 Å². The number of ether oxygens (including phenoxy) is 1. The van der Waals surface area contributed by atoms with Crippen LogP contribution in [0.5, 0.6) is 5.75 Å². The second kappa shape index (κ2) is 8.40. The van der Waals surface area contributed by atoms with E-state index in [1.165, 1.54) is 0 Å². The second-order valence-corrected chi connectivity index (χ2v) is 6.04. The van der Waals surface area contributed by atoms with Gasteiger partial charge in [-0.05, 0) is 64.3 Å². The third-order valence-corrected chi connectivity index (χ3v) is 3.43. The number of nitrogens with zero attached hydrogens (tertiary/aromatic N) is 2. The van der Waals surface area contributed by atoms with Gasteiger partial charge < -0.3 is 20.2 Å². The predicted octanol–water partition coefficient (Wildman–Crippen LogP) is 3.10. The predicted molar refractivity (Wildman–Crippen MR) is 97.5 cm³/mol. The Bertz CT molecular complexity index is 634. The van der Waals surface area contributed by atoms with Gasteiger partial charge in [-0.1, -0.05) is 0 Å². The van der Waals surface area contributed by atoms with Crippen LogP contribution in [0.4, 0.5) is 5.69 Å². The summed E-state index contributed by atoms with van der Waals surface area (Å²) >= 11 is 0. The first kappa shape index (κ1) is 17.9. The van der Waals surface area contributed by atoms with E-state index < -0.39 is 0 Å². The smallest absolute Gasteiger partial charge is 0.193 e. The highest BCUT2D eigenvalue weighted by atomic mass is 16.5. The summed E-state index contributed by atoms with van der Waals surface area (Å²) in [7, 11) is 3.97. The largest absolute Gasteiger partial charge is 0.491 e. The molecule has 130 valence electrons. The Morgan fingerprint density at radius 2 is 1.96 bits per heavy atom. The summed E-state index contributed by atoms with van der Waals surface area (Å²) in [5.74, 6) is 2.06. The maximum atomic E-state index is 5.98. The maximum Gasteiger partial charge on any atom is 0.193 e. The number of hydrogen-bond acceptors (Lipinski definition) is 4. The minimum Gasteiger partial charge on any atom is -0.491 e. The highest BCUT2D eigenvalue weighted by Crippen LogP contribution is 2.19. The minimum absolute atomic E-state index is 0.0437. The molecule has 0 aliphatic heterocycles. The fourth-order valence-electron chi connectivity index (χ4n) is 2.25. The summed E-state index contributed by atoms with van der Waals surface area (Å²) in [6.07, 6.45) is 1.82. The second-order valence-electron chi connectivity index (χ2n) is 6.04. The molecule has 6 nitrogen and oxygen atoms in total. The molecule has 1 atom stereocenters. The summed E-state index contributed by atoms with van der Waals surface area (Å²) < 4.78 is 11.1. The monoisotopic (exact) mass is 330 g/mol. The molecule has 0 amide bonds. The number of guanidine groups is 1. The first-order chi connectivity index (χ1) is 11.5. The zero-order chi connectivity index (χ0) is 17.5. The van der Waals surface area contributed by atoms with Crippen molar-refractivity contribution in [3.05, 3.63) is 48.4 Å². The standard InChI is InChI=1S/C18H26N4O2/c1-13(2)24-15-9-7-14(8-10-15)21-18(19)20-12-16(22(3)4)17-6-5-11-23-17/h5-11,13,16H,12H2,1-4H3,(H3,19,20,21). The molecule has 2 rings (SSSR count). The Labute approximate surface area is 143 Å². The van der Waals surface area contributed by atoms with Crippen molar-refractivity contribution in [2.45, 2.75) is 26.0 Å². The van der Waals surface area contributed by atoms with Crippen LogP contribution in [-0.2, 0) is 0 Å². The topological polar surface area (TPSA) is 76.0 Å². The quantitative estimate of drug-likeness (QED) is 0.603. The van der Waals surface area contributed by atoms with E-state index in [0.29, 0.717) is 12.5 Å². The highest BCUT2D eigenvalue weighted by molar-refractivity contribution is 5.92. The molecule has 24 heavy (non-hydrogen) atoms. The Morgan fingerprint density at radius 1 is 1.25 bits per heavy atom. The molecule has 3 N–H and O–H groups in total. The average Bonchev–Trinajstić information content (AvgIpc) is 3.02. The third-order valence-electron chi connectivity index (χ3n) is 3.43. The third kappa shape index (κ3) is 5.31. The number of likely N-dealkylation sites (N-methyl/N-ethyl adjacent to an activating group) is 1. The zero-order valence-corrected chi connectivity index (χ0v) is 14.7. The van der Waals surface area contributed by atoms with Crippen LogP contribution in [0.3, 0.4) is 0 Å². The van der Waals surface area contributed by atoms with Crippen molar-refractivity contribution >= 4 is 11.6 Å². The summed E-state index contributed by atoms with van der Waals surface area (Å²) in [5, 5.41) is 3.09. The lowest BCUT2D eigenvalue weighted by molar-refractivity contribution is 0.242. The van der Waals surface area contributed by atoms with Gasteiger partial charge in [-0.2, -0.15) is 0 Å². The number of aliphatic imine (C=N–C) groups is 1. The van der Waals surface area contributed by atoms with Gasteiger partial charge in [0.15, 0.2) is 5.96 Å². The summed E-state index contributed by atoms with van der Waals surface area (Å²) in [4.78, 5) is 6.47. The molecule has 0 aliphatic rings. The Hall–Kier alpha value is -2.47. The molecule has 1 aromatic carbocycles. The van der Waals surface area contributed by atoms with Crippen molar-refractivity contribution in [1.82, 2.24) is 4.90 Å². The molecule has 0 bridgehead atoms. The zero-order valence-electron chi connectivity index (χ0n) is 14.7. The average molecular weight is 330 g/mol. The molecule has 0 spiro atoms. The van der Waals surface area contributed by atoms with Gasteiger partial charge in [0.1, 0.15) is 11.5 Å². The highest BCUT2D eigenvalue weighted by Gasteiger charge is 2.16. The molecule has 0 fully saturated rings. The maximum absolute atomic E-state index is 5.98. The van der Waals surface area contributed by atoms with E-state index in [1.807, 2.05) is 69.2 Å². The number of furan rings is 1. The summed E-state index contributed by atoms with van der Waals surface area (Å²) in [6.45, 7) is 4.50. The molecule has 0 radical (unpaired) electrons.